The number of halogens is 1. The molecule has 3 rings (SSSR count). The lowest BCUT2D eigenvalue weighted by atomic mass is 10.2. The van der Waals surface area contributed by atoms with Crippen molar-refractivity contribution in [3.63, 3.8) is 0 Å². The van der Waals surface area contributed by atoms with Crippen LogP contribution in [0.25, 0.3) is 0 Å². The quantitative estimate of drug-likeness (QED) is 0.576. The highest BCUT2D eigenvalue weighted by Crippen LogP contribution is 2.41. The van der Waals surface area contributed by atoms with Gasteiger partial charge in [-0.25, -0.2) is 13.2 Å². The van der Waals surface area contributed by atoms with E-state index in [4.69, 9.17) is 4.74 Å². The highest BCUT2D eigenvalue weighted by molar-refractivity contribution is 14.1. The zero-order valence-electron chi connectivity index (χ0n) is 16.2. The summed E-state index contributed by atoms with van der Waals surface area (Å²) in [6.45, 7) is 4.90. The Morgan fingerprint density at radius 3 is 2.72 bits per heavy atom. The van der Waals surface area contributed by atoms with Crippen LogP contribution in [0.5, 0.6) is 0 Å². The number of nitrogens with one attached hydrogen (secondary N) is 1. The summed E-state index contributed by atoms with van der Waals surface area (Å²) < 4.78 is 30.3. The number of nitrogens with zero attached hydrogens (tertiary/aromatic N) is 2. The standard InChI is InChI=1S/C18H22IN3O5S2/c1-18(2,3)27-17(24)20-8-15(23)21-16-22(12-6-4-5-11(19)7-12)13-9-29(25,26)10-14(13)28-16/h4-7,13-14H,8-10H2,1-3H3,(H,20,24)/t13-,14-/m1/s1. The van der Waals surface area contributed by atoms with E-state index in [-0.39, 0.29) is 29.3 Å². The number of fused-ring (bicyclic) bond motifs is 1. The van der Waals surface area contributed by atoms with Gasteiger partial charge in [0.1, 0.15) is 12.1 Å². The van der Waals surface area contributed by atoms with Crippen molar-refractivity contribution in [3.8, 4) is 0 Å². The summed E-state index contributed by atoms with van der Waals surface area (Å²) >= 11 is 3.48. The highest BCUT2D eigenvalue weighted by Gasteiger charge is 2.49. The molecular formula is C18H22IN3O5S2. The number of rotatable bonds is 3. The van der Waals surface area contributed by atoms with Gasteiger partial charge < -0.3 is 15.0 Å². The van der Waals surface area contributed by atoms with Gasteiger partial charge in [0.2, 0.25) is 0 Å². The van der Waals surface area contributed by atoms with Gasteiger partial charge in [0.15, 0.2) is 15.0 Å². The summed E-state index contributed by atoms with van der Waals surface area (Å²) in [7, 11) is -3.13. The van der Waals surface area contributed by atoms with E-state index in [9.17, 15) is 18.0 Å². The zero-order chi connectivity index (χ0) is 21.4. The Balaban J connectivity index is 1.78. The molecule has 158 valence electrons. The molecule has 1 aromatic carbocycles. The molecule has 2 heterocycles. The van der Waals surface area contributed by atoms with E-state index in [0.717, 1.165) is 9.26 Å². The number of hydrogen-bond acceptors (Lipinski definition) is 6. The summed E-state index contributed by atoms with van der Waals surface area (Å²) in [5.41, 5.74) is 0.130. The molecular weight excluding hydrogens is 529 g/mol. The Labute approximate surface area is 187 Å². The number of alkyl carbamates (subject to hydrolysis) is 1. The summed E-state index contributed by atoms with van der Waals surface area (Å²) in [5, 5.41) is 2.67. The average Bonchev–Trinajstić information content (AvgIpc) is 3.02. The summed E-state index contributed by atoms with van der Waals surface area (Å²) in [6, 6.07) is 7.33. The molecule has 29 heavy (non-hydrogen) atoms. The molecule has 8 nitrogen and oxygen atoms in total. The van der Waals surface area contributed by atoms with Crippen LogP contribution < -0.4 is 10.2 Å². The minimum atomic E-state index is -3.13. The molecule has 2 fully saturated rings. The molecule has 0 saturated carbocycles. The fourth-order valence-electron chi connectivity index (χ4n) is 3.10. The molecule has 0 spiro atoms. The lowest BCUT2D eigenvalue weighted by molar-refractivity contribution is -0.117. The predicted molar refractivity (Wildman–Crippen MR) is 122 cm³/mol. The monoisotopic (exact) mass is 551 g/mol. The lowest BCUT2D eigenvalue weighted by Gasteiger charge is -2.24. The van der Waals surface area contributed by atoms with Crippen LogP contribution >= 0.6 is 34.4 Å². The van der Waals surface area contributed by atoms with Crippen LogP contribution in [0.3, 0.4) is 0 Å². The molecule has 11 heteroatoms. The Morgan fingerprint density at radius 2 is 2.07 bits per heavy atom. The highest BCUT2D eigenvalue weighted by atomic mass is 127. The Morgan fingerprint density at radius 1 is 1.34 bits per heavy atom. The Kier molecular flexibility index (Phi) is 6.49. The zero-order valence-corrected chi connectivity index (χ0v) is 20.0. The van der Waals surface area contributed by atoms with Crippen LogP contribution in [0.4, 0.5) is 10.5 Å². The van der Waals surface area contributed by atoms with Crippen molar-refractivity contribution in [2.45, 2.75) is 37.7 Å². The van der Waals surface area contributed by atoms with Crippen molar-refractivity contribution in [3.05, 3.63) is 27.8 Å². The number of benzene rings is 1. The van der Waals surface area contributed by atoms with Crippen LogP contribution in [0.2, 0.25) is 0 Å². The van der Waals surface area contributed by atoms with E-state index in [0.29, 0.717) is 5.17 Å². The molecule has 0 aromatic heterocycles. The second-order valence-corrected chi connectivity index (χ2v) is 12.4. The first-order chi connectivity index (χ1) is 13.4. The fraction of sp³-hybridized carbons (Fsp3) is 0.500. The predicted octanol–water partition coefficient (Wildman–Crippen LogP) is 2.42. The topological polar surface area (TPSA) is 105 Å². The second kappa shape index (κ2) is 8.42. The van der Waals surface area contributed by atoms with Gasteiger partial charge in [-0.1, -0.05) is 17.8 Å². The third-order valence-corrected chi connectivity index (χ3v) is 8.04. The van der Waals surface area contributed by atoms with Crippen molar-refractivity contribution in [1.29, 1.82) is 0 Å². The minimum absolute atomic E-state index is 0.0273. The fourth-order valence-corrected chi connectivity index (χ4v) is 7.56. The van der Waals surface area contributed by atoms with Crippen LogP contribution in [0, 0.1) is 3.57 Å². The molecule has 1 aromatic rings. The van der Waals surface area contributed by atoms with Crippen LogP contribution in [-0.4, -0.2) is 60.5 Å². The largest absolute Gasteiger partial charge is 0.444 e. The molecule has 2 aliphatic rings. The van der Waals surface area contributed by atoms with Gasteiger partial charge in [-0.15, -0.1) is 0 Å². The molecule has 2 saturated heterocycles. The van der Waals surface area contributed by atoms with Gasteiger partial charge >= 0.3 is 6.09 Å². The van der Waals surface area contributed by atoms with Gasteiger partial charge in [0.05, 0.1) is 17.5 Å². The van der Waals surface area contributed by atoms with Gasteiger partial charge in [0, 0.05) is 14.5 Å². The maximum atomic E-state index is 12.3. The smallest absolute Gasteiger partial charge is 0.408 e. The van der Waals surface area contributed by atoms with Gasteiger partial charge in [0.25, 0.3) is 5.91 Å². The van der Waals surface area contributed by atoms with Crippen LogP contribution in [0.15, 0.2) is 29.3 Å². The SMILES string of the molecule is CC(C)(C)OC(=O)NCC(=O)N=C1S[C@@H]2CS(=O)(=O)C[C@H]2N1c1cccc(I)c1. The average molecular weight is 551 g/mol. The van der Waals surface area contributed by atoms with Crippen LogP contribution in [-0.2, 0) is 19.4 Å². The first kappa shape index (κ1) is 22.3. The maximum absolute atomic E-state index is 12.3. The maximum Gasteiger partial charge on any atom is 0.408 e. The second-order valence-electron chi connectivity index (χ2n) is 7.79. The van der Waals surface area contributed by atoms with E-state index in [1.807, 2.05) is 29.2 Å². The molecule has 0 unspecified atom stereocenters. The Bertz CT molecular complexity index is 958. The van der Waals surface area contributed by atoms with E-state index >= 15 is 0 Å². The first-order valence-electron chi connectivity index (χ1n) is 8.94. The number of amides is 2. The minimum Gasteiger partial charge on any atom is -0.444 e. The number of sulfone groups is 1. The number of anilines is 1. The number of aliphatic imine (C=N–C) groups is 1. The van der Waals surface area contributed by atoms with E-state index in [1.165, 1.54) is 11.8 Å². The van der Waals surface area contributed by atoms with Gasteiger partial charge in [-0.3, -0.25) is 4.79 Å². The number of carbonyl (C=O) groups excluding carboxylic acids is 2. The normalized spacial score (nSPS) is 24.4. The van der Waals surface area contributed by atoms with Crippen molar-refractivity contribution in [1.82, 2.24) is 5.32 Å². The van der Waals surface area contributed by atoms with E-state index in [1.54, 1.807) is 20.8 Å². The number of hydrogen-bond donors (Lipinski definition) is 1. The number of carbonyl (C=O) groups is 2. The number of ether oxygens (including phenoxy) is 1. The van der Waals surface area contributed by atoms with Crippen molar-refractivity contribution >= 4 is 67.0 Å². The summed E-state index contributed by atoms with van der Waals surface area (Å²) in [4.78, 5) is 30.1. The Hall–Kier alpha value is -1.34. The van der Waals surface area contributed by atoms with Crippen molar-refractivity contribution < 1.29 is 22.7 Å². The molecule has 0 radical (unpaired) electrons. The van der Waals surface area contributed by atoms with Crippen LogP contribution in [0.1, 0.15) is 20.8 Å². The summed E-state index contributed by atoms with van der Waals surface area (Å²) in [5.74, 6) is -0.442. The number of thioether (sulfide) groups is 1. The lowest BCUT2D eigenvalue weighted by Crippen LogP contribution is -2.38. The number of amidine groups is 1. The van der Waals surface area contributed by atoms with Gasteiger partial charge in [-0.05, 0) is 61.6 Å². The molecule has 2 amide bonds. The van der Waals surface area contributed by atoms with E-state index < -0.39 is 27.4 Å². The molecule has 2 atom stereocenters. The van der Waals surface area contributed by atoms with E-state index in [2.05, 4.69) is 32.9 Å². The van der Waals surface area contributed by atoms with Crippen molar-refractivity contribution in [2.24, 2.45) is 4.99 Å². The molecule has 1 N–H and O–H groups in total. The van der Waals surface area contributed by atoms with Gasteiger partial charge in [-0.2, -0.15) is 4.99 Å². The summed E-state index contributed by atoms with van der Waals surface area (Å²) in [6.07, 6.45) is -0.692. The molecule has 0 aliphatic carbocycles. The molecule has 0 bridgehead atoms. The molecule has 2 aliphatic heterocycles. The van der Waals surface area contributed by atoms with Crippen molar-refractivity contribution in [2.75, 3.05) is 23.0 Å². The first-order valence-corrected chi connectivity index (χ1v) is 12.7. The third kappa shape index (κ3) is 5.85. The third-order valence-electron chi connectivity index (χ3n) is 4.16.